The molecule has 8 nitrogen and oxygen atoms in total. The maximum Gasteiger partial charge on any atom is 0.360 e. The van der Waals surface area contributed by atoms with E-state index >= 15 is 0 Å². The summed E-state index contributed by atoms with van der Waals surface area (Å²) in [5.41, 5.74) is 7.50. The molecule has 0 atom stereocenters. The van der Waals surface area contributed by atoms with Crippen molar-refractivity contribution in [3.05, 3.63) is 29.6 Å². The Labute approximate surface area is 122 Å². The molecule has 0 bridgehead atoms. The van der Waals surface area contributed by atoms with Crippen LogP contribution in [0.25, 0.3) is 0 Å². The second kappa shape index (κ2) is 6.49. The van der Waals surface area contributed by atoms with Gasteiger partial charge in [0.25, 0.3) is 0 Å². The van der Waals surface area contributed by atoms with Gasteiger partial charge in [0.1, 0.15) is 0 Å². The van der Waals surface area contributed by atoms with E-state index in [-0.39, 0.29) is 5.69 Å². The van der Waals surface area contributed by atoms with Crippen LogP contribution < -0.4 is 5.73 Å². The summed E-state index contributed by atoms with van der Waals surface area (Å²) in [6, 6.07) is 0.295. The van der Waals surface area contributed by atoms with Crippen molar-refractivity contribution in [2.24, 2.45) is 5.73 Å². The molecule has 2 N–H and O–H groups in total. The van der Waals surface area contributed by atoms with E-state index < -0.39 is 5.97 Å². The molecular weight excluding hydrogens is 272 g/mol. The Morgan fingerprint density at radius 3 is 2.86 bits per heavy atom. The van der Waals surface area contributed by atoms with Gasteiger partial charge in [-0.25, -0.2) is 14.5 Å². The van der Waals surface area contributed by atoms with Gasteiger partial charge in [-0.15, -0.1) is 5.10 Å². The zero-order valence-corrected chi connectivity index (χ0v) is 12.5. The zero-order valence-electron chi connectivity index (χ0n) is 12.5. The number of imidazole rings is 1. The number of hydrogen-bond donors (Lipinski definition) is 1. The number of aromatic nitrogens is 5. The number of ether oxygens (including phenoxy) is 1. The summed E-state index contributed by atoms with van der Waals surface area (Å²) in [6.07, 6.45) is 4.07. The van der Waals surface area contributed by atoms with Gasteiger partial charge < -0.3 is 15.0 Å². The molecule has 0 aromatic carbocycles. The number of rotatable bonds is 6. The summed E-state index contributed by atoms with van der Waals surface area (Å²) >= 11 is 0. The lowest BCUT2D eigenvalue weighted by atomic mass is 10.2. The van der Waals surface area contributed by atoms with Crippen LogP contribution >= 0.6 is 0 Å². The maximum absolute atomic E-state index is 11.7. The van der Waals surface area contributed by atoms with Crippen LogP contribution in [0.3, 0.4) is 0 Å². The van der Waals surface area contributed by atoms with E-state index in [1.807, 2.05) is 4.57 Å². The molecule has 114 valence electrons. The highest BCUT2D eigenvalue weighted by Crippen LogP contribution is 2.13. The number of nitrogens with zero attached hydrogens (tertiary/aromatic N) is 5. The standard InChI is InChI=1S/C13H20N6O2/c1-9(2)18-8-15-6-10(18)7-19-11(4-5-14)12(16-17-19)13(20)21-3/h6,8-9H,4-5,7,14H2,1-3H3. The van der Waals surface area contributed by atoms with Crippen molar-refractivity contribution in [2.75, 3.05) is 13.7 Å². The average molecular weight is 292 g/mol. The van der Waals surface area contributed by atoms with Crippen molar-refractivity contribution >= 4 is 5.97 Å². The summed E-state index contributed by atoms with van der Waals surface area (Å²) in [5, 5.41) is 7.96. The van der Waals surface area contributed by atoms with Gasteiger partial charge in [-0.3, -0.25) is 0 Å². The van der Waals surface area contributed by atoms with Gasteiger partial charge in [0, 0.05) is 12.5 Å². The molecule has 2 rings (SSSR count). The zero-order chi connectivity index (χ0) is 15.4. The van der Waals surface area contributed by atoms with E-state index in [1.54, 1.807) is 17.2 Å². The molecule has 0 aliphatic heterocycles. The number of hydrogen-bond acceptors (Lipinski definition) is 6. The van der Waals surface area contributed by atoms with E-state index in [0.29, 0.717) is 31.2 Å². The van der Waals surface area contributed by atoms with Crippen molar-refractivity contribution in [3.8, 4) is 0 Å². The van der Waals surface area contributed by atoms with Crippen LogP contribution in [0.2, 0.25) is 0 Å². The van der Waals surface area contributed by atoms with Gasteiger partial charge >= 0.3 is 5.97 Å². The lowest BCUT2D eigenvalue weighted by Gasteiger charge is -2.12. The average Bonchev–Trinajstić information content (AvgIpc) is 3.07. The molecule has 0 aliphatic carbocycles. The molecule has 2 aromatic heterocycles. The molecule has 8 heteroatoms. The molecule has 0 saturated carbocycles. The van der Waals surface area contributed by atoms with E-state index in [1.165, 1.54) is 7.11 Å². The first kappa shape index (κ1) is 15.2. The predicted molar refractivity (Wildman–Crippen MR) is 75.8 cm³/mol. The van der Waals surface area contributed by atoms with Crippen molar-refractivity contribution in [1.29, 1.82) is 0 Å². The van der Waals surface area contributed by atoms with Gasteiger partial charge in [0.2, 0.25) is 0 Å². The third-order valence-electron chi connectivity index (χ3n) is 3.21. The van der Waals surface area contributed by atoms with E-state index in [4.69, 9.17) is 10.5 Å². The molecule has 2 heterocycles. The predicted octanol–water partition coefficient (Wildman–Crippen LogP) is 0.392. The monoisotopic (exact) mass is 292 g/mol. The van der Waals surface area contributed by atoms with Crippen LogP contribution in [0.5, 0.6) is 0 Å². The number of esters is 1. The number of nitrogens with two attached hydrogens (primary N) is 1. The lowest BCUT2D eigenvalue weighted by Crippen LogP contribution is -2.16. The molecule has 0 unspecified atom stereocenters. The van der Waals surface area contributed by atoms with Gasteiger partial charge in [-0.05, 0) is 20.4 Å². The smallest absolute Gasteiger partial charge is 0.360 e. The second-order valence-corrected chi connectivity index (χ2v) is 4.96. The molecule has 2 aromatic rings. The fraction of sp³-hybridized carbons (Fsp3) is 0.538. The van der Waals surface area contributed by atoms with Gasteiger partial charge in [-0.2, -0.15) is 0 Å². The quantitative estimate of drug-likeness (QED) is 0.773. The highest BCUT2D eigenvalue weighted by Gasteiger charge is 2.20. The highest BCUT2D eigenvalue weighted by atomic mass is 16.5. The Morgan fingerprint density at radius 2 is 2.24 bits per heavy atom. The molecule has 0 fully saturated rings. The Hall–Kier alpha value is -2.22. The first-order valence-electron chi connectivity index (χ1n) is 6.80. The van der Waals surface area contributed by atoms with Crippen LogP contribution in [-0.2, 0) is 17.7 Å². The van der Waals surface area contributed by atoms with Crippen molar-refractivity contribution < 1.29 is 9.53 Å². The second-order valence-electron chi connectivity index (χ2n) is 4.96. The van der Waals surface area contributed by atoms with Crippen LogP contribution in [0.4, 0.5) is 0 Å². The Balaban J connectivity index is 2.33. The number of carbonyl (C=O) groups excluding carboxylic acids is 1. The summed E-state index contributed by atoms with van der Waals surface area (Å²) in [5.74, 6) is -0.498. The van der Waals surface area contributed by atoms with E-state index in [9.17, 15) is 4.79 Å². The minimum absolute atomic E-state index is 0.221. The van der Waals surface area contributed by atoms with Crippen LogP contribution in [-0.4, -0.2) is 44.2 Å². The summed E-state index contributed by atoms with van der Waals surface area (Å²) in [4.78, 5) is 15.9. The molecular formula is C13H20N6O2. The summed E-state index contributed by atoms with van der Waals surface area (Å²) in [7, 11) is 1.32. The first-order valence-corrected chi connectivity index (χ1v) is 6.80. The van der Waals surface area contributed by atoms with Crippen molar-refractivity contribution in [3.63, 3.8) is 0 Å². The molecule has 21 heavy (non-hydrogen) atoms. The molecule has 0 saturated heterocycles. The van der Waals surface area contributed by atoms with Crippen LogP contribution in [0.1, 0.15) is 41.8 Å². The number of methoxy groups -OCH3 is 1. The van der Waals surface area contributed by atoms with Crippen LogP contribution in [0.15, 0.2) is 12.5 Å². The van der Waals surface area contributed by atoms with Crippen LogP contribution in [0, 0.1) is 0 Å². The topological polar surface area (TPSA) is 101 Å². The molecule has 0 radical (unpaired) electrons. The fourth-order valence-electron chi connectivity index (χ4n) is 2.17. The SMILES string of the molecule is COC(=O)c1nnn(Cc2cncn2C(C)C)c1CCN. The van der Waals surface area contributed by atoms with Crippen molar-refractivity contribution in [2.45, 2.75) is 32.9 Å². The first-order chi connectivity index (χ1) is 10.1. The van der Waals surface area contributed by atoms with Gasteiger partial charge in [0.15, 0.2) is 5.69 Å². The normalized spacial score (nSPS) is 11.1. The van der Waals surface area contributed by atoms with Crippen molar-refractivity contribution in [1.82, 2.24) is 24.5 Å². The van der Waals surface area contributed by atoms with E-state index in [2.05, 4.69) is 29.1 Å². The highest BCUT2D eigenvalue weighted by molar-refractivity contribution is 5.88. The molecule has 0 aliphatic rings. The number of carbonyl (C=O) groups is 1. The third-order valence-corrected chi connectivity index (χ3v) is 3.21. The minimum atomic E-state index is -0.498. The summed E-state index contributed by atoms with van der Waals surface area (Å²) < 4.78 is 8.44. The molecule has 0 amide bonds. The third kappa shape index (κ3) is 3.10. The van der Waals surface area contributed by atoms with Gasteiger partial charge in [-0.1, -0.05) is 5.21 Å². The largest absolute Gasteiger partial charge is 0.464 e. The summed E-state index contributed by atoms with van der Waals surface area (Å²) in [6.45, 7) is 5.04. The lowest BCUT2D eigenvalue weighted by molar-refractivity contribution is 0.0592. The fourth-order valence-corrected chi connectivity index (χ4v) is 2.17. The van der Waals surface area contributed by atoms with E-state index in [0.717, 1.165) is 5.69 Å². The maximum atomic E-state index is 11.7. The Bertz CT molecular complexity index is 616. The Kier molecular flexibility index (Phi) is 4.69. The Morgan fingerprint density at radius 1 is 1.48 bits per heavy atom. The molecule has 0 spiro atoms. The van der Waals surface area contributed by atoms with Gasteiger partial charge in [0.05, 0.1) is 37.6 Å². The minimum Gasteiger partial charge on any atom is -0.464 e.